The fraction of sp³-hybridized carbons (Fsp3) is 0.286. The summed E-state index contributed by atoms with van der Waals surface area (Å²) in [7, 11) is 1.44. The number of esters is 2. The van der Waals surface area contributed by atoms with E-state index in [2.05, 4.69) is 5.32 Å². The number of methoxy groups -OCH3 is 1. The predicted octanol–water partition coefficient (Wildman–Crippen LogP) is 1.97. The van der Waals surface area contributed by atoms with Crippen molar-refractivity contribution in [1.29, 1.82) is 0 Å². The van der Waals surface area contributed by atoms with E-state index in [1.54, 1.807) is 0 Å². The van der Waals surface area contributed by atoms with Crippen molar-refractivity contribution < 1.29 is 28.2 Å². The summed E-state index contributed by atoms with van der Waals surface area (Å²) in [6, 6.07) is 4.02. The molecule has 1 aromatic rings. The van der Waals surface area contributed by atoms with Crippen LogP contribution >= 0.6 is 0 Å². The summed E-state index contributed by atoms with van der Waals surface area (Å²) in [6.07, 6.45) is 1.04. The van der Waals surface area contributed by atoms with Crippen LogP contribution in [-0.2, 0) is 19.1 Å². The van der Waals surface area contributed by atoms with Crippen LogP contribution < -0.4 is 10.1 Å². The van der Waals surface area contributed by atoms with Gasteiger partial charge in [-0.05, 0) is 12.1 Å². The van der Waals surface area contributed by atoms with E-state index >= 15 is 0 Å². The summed E-state index contributed by atoms with van der Waals surface area (Å²) >= 11 is 0. The molecule has 2 rings (SSSR count). The minimum absolute atomic E-state index is 0.0484. The minimum atomic E-state index is -1.31. The lowest BCUT2D eigenvalue weighted by Gasteiger charge is -2.29. The fourth-order valence-electron chi connectivity index (χ4n) is 1.67. The summed E-state index contributed by atoms with van der Waals surface area (Å²) in [5.41, 5.74) is -0.302. The monoisotopic (exact) mass is 295 g/mol. The molecule has 0 amide bonds. The van der Waals surface area contributed by atoms with Gasteiger partial charge in [0, 0.05) is 26.1 Å². The topological polar surface area (TPSA) is 73.9 Å². The lowest BCUT2D eigenvalue weighted by Crippen LogP contribution is -2.42. The van der Waals surface area contributed by atoms with E-state index in [-0.39, 0.29) is 11.3 Å². The van der Waals surface area contributed by atoms with Crippen LogP contribution in [0.3, 0.4) is 0 Å². The summed E-state index contributed by atoms with van der Waals surface area (Å²) < 4.78 is 28.4. The number of ether oxygens (including phenoxy) is 3. The second kappa shape index (κ2) is 5.43. The van der Waals surface area contributed by atoms with Crippen molar-refractivity contribution in [3.8, 4) is 5.75 Å². The van der Waals surface area contributed by atoms with Gasteiger partial charge >= 0.3 is 11.9 Å². The Labute approximate surface area is 120 Å². The van der Waals surface area contributed by atoms with E-state index in [1.165, 1.54) is 39.2 Å². The van der Waals surface area contributed by atoms with Crippen molar-refractivity contribution in [2.75, 3.05) is 12.4 Å². The van der Waals surface area contributed by atoms with Crippen molar-refractivity contribution in [1.82, 2.24) is 0 Å². The van der Waals surface area contributed by atoms with E-state index in [9.17, 15) is 14.0 Å². The quantitative estimate of drug-likeness (QED) is 0.522. The first kappa shape index (κ1) is 14.8. The SMILES string of the molecule is COc1ccc(F)c(NC=C2C(=O)OC(C)(C)OC2=O)c1. The van der Waals surface area contributed by atoms with Gasteiger partial charge in [-0.15, -0.1) is 0 Å². The van der Waals surface area contributed by atoms with Gasteiger partial charge in [0.15, 0.2) is 5.57 Å². The number of hydrogen-bond acceptors (Lipinski definition) is 6. The van der Waals surface area contributed by atoms with Crippen LogP contribution in [0.15, 0.2) is 30.0 Å². The second-order valence-electron chi connectivity index (χ2n) is 4.73. The Balaban J connectivity index is 2.21. The number of carbonyl (C=O) groups excluding carboxylic acids is 2. The Kier molecular flexibility index (Phi) is 3.84. The third-order valence-corrected chi connectivity index (χ3v) is 2.66. The summed E-state index contributed by atoms with van der Waals surface area (Å²) in [4.78, 5) is 23.4. The minimum Gasteiger partial charge on any atom is -0.497 e. The normalized spacial score (nSPS) is 16.9. The maximum Gasteiger partial charge on any atom is 0.350 e. The Morgan fingerprint density at radius 3 is 2.43 bits per heavy atom. The zero-order valence-electron chi connectivity index (χ0n) is 11.7. The zero-order chi connectivity index (χ0) is 15.6. The van der Waals surface area contributed by atoms with Crippen molar-refractivity contribution in [2.24, 2.45) is 0 Å². The molecule has 1 aliphatic rings. The Hall–Kier alpha value is -2.57. The van der Waals surface area contributed by atoms with E-state index in [1.807, 2.05) is 0 Å². The standard InChI is InChI=1S/C14H14FNO5/c1-14(2)20-12(17)9(13(18)21-14)7-16-11-6-8(19-3)4-5-10(11)15/h4-7,16H,1-3H3. The van der Waals surface area contributed by atoms with Gasteiger partial charge in [0.05, 0.1) is 12.8 Å². The molecule has 1 fully saturated rings. The number of carbonyl (C=O) groups is 2. The number of nitrogens with one attached hydrogen (secondary N) is 1. The van der Waals surface area contributed by atoms with E-state index in [0.29, 0.717) is 5.75 Å². The summed E-state index contributed by atoms with van der Waals surface area (Å²) in [6.45, 7) is 2.88. The number of benzene rings is 1. The van der Waals surface area contributed by atoms with Crippen molar-refractivity contribution in [3.63, 3.8) is 0 Å². The van der Waals surface area contributed by atoms with Crippen LogP contribution in [0.4, 0.5) is 10.1 Å². The second-order valence-corrected chi connectivity index (χ2v) is 4.73. The summed E-state index contributed by atoms with van der Waals surface area (Å²) in [5, 5.41) is 2.53. The molecule has 112 valence electrons. The molecular formula is C14H14FNO5. The highest BCUT2D eigenvalue weighted by molar-refractivity contribution is 6.15. The van der Waals surface area contributed by atoms with Gasteiger partial charge < -0.3 is 19.5 Å². The molecule has 0 saturated carbocycles. The molecular weight excluding hydrogens is 281 g/mol. The Bertz CT molecular complexity index is 602. The van der Waals surface area contributed by atoms with Crippen LogP contribution in [0, 0.1) is 5.82 Å². The molecule has 1 saturated heterocycles. The van der Waals surface area contributed by atoms with Crippen LogP contribution in [-0.4, -0.2) is 24.8 Å². The fourth-order valence-corrected chi connectivity index (χ4v) is 1.67. The third-order valence-electron chi connectivity index (χ3n) is 2.66. The smallest absolute Gasteiger partial charge is 0.350 e. The van der Waals surface area contributed by atoms with Gasteiger partial charge in [0.25, 0.3) is 5.79 Å². The van der Waals surface area contributed by atoms with Gasteiger partial charge in [-0.2, -0.15) is 0 Å². The maximum atomic E-state index is 13.6. The Morgan fingerprint density at radius 2 is 1.86 bits per heavy atom. The third kappa shape index (κ3) is 3.31. The maximum absolute atomic E-state index is 13.6. The van der Waals surface area contributed by atoms with Crippen LogP contribution in [0.25, 0.3) is 0 Å². The van der Waals surface area contributed by atoms with Gasteiger partial charge in [-0.25, -0.2) is 14.0 Å². The molecule has 6 nitrogen and oxygen atoms in total. The first-order valence-electron chi connectivity index (χ1n) is 6.09. The molecule has 1 aliphatic heterocycles. The lowest BCUT2D eigenvalue weighted by molar-refractivity contribution is -0.222. The molecule has 7 heteroatoms. The molecule has 0 atom stereocenters. The van der Waals surface area contributed by atoms with Gasteiger partial charge in [-0.3, -0.25) is 0 Å². The molecule has 0 bridgehead atoms. The van der Waals surface area contributed by atoms with Crippen molar-refractivity contribution >= 4 is 17.6 Å². The average Bonchev–Trinajstić information content (AvgIpc) is 2.38. The highest BCUT2D eigenvalue weighted by atomic mass is 19.1. The van der Waals surface area contributed by atoms with Gasteiger partial charge in [0.1, 0.15) is 11.6 Å². The predicted molar refractivity (Wildman–Crippen MR) is 70.9 cm³/mol. The van der Waals surface area contributed by atoms with E-state index in [0.717, 1.165) is 6.20 Å². The highest BCUT2D eigenvalue weighted by Gasteiger charge is 2.38. The van der Waals surface area contributed by atoms with Crippen LogP contribution in [0.2, 0.25) is 0 Å². The first-order chi connectivity index (χ1) is 9.82. The number of rotatable bonds is 3. The van der Waals surface area contributed by atoms with Crippen LogP contribution in [0.5, 0.6) is 5.75 Å². The number of cyclic esters (lactones) is 2. The molecule has 1 aromatic carbocycles. The molecule has 1 heterocycles. The average molecular weight is 295 g/mol. The molecule has 1 N–H and O–H groups in total. The highest BCUT2D eigenvalue weighted by Crippen LogP contribution is 2.24. The van der Waals surface area contributed by atoms with Crippen molar-refractivity contribution in [2.45, 2.75) is 19.6 Å². The first-order valence-corrected chi connectivity index (χ1v) is 6.09. The summed E-state index contributed by atoms with van der Waals surface area (Å²) in [5.74, 6) is -3.14. The van der Waals surface area contributed by atoms with Crippen LogP contribution in [0.1, 0.15) is 13.8 Å². The Morgan fingerprint density at radius 1 is 1.24 bits per heavy atom. The molecule has 0 aromatic heterocycles. The largest absolute Gasteiger partial charge is 0.497 e. The number of hydrogen-bond donors (Lipinski definition) is 1. The molecule has 0 spiro atoms. The van der Waals surface area contributed by atoms with Gasteiger partial charge in [-0.1, -0.05) is 0 Å². The molecule has 0 radical (unpaired) electrons. The van der Waals surface area contributed by atoms with E-state index < -0.39 is 23.5 Å². The zero-order valence-corrected chi connectivity index (χ0v) is 11.7. The van der Waals surface area contributed by atoms with Gasteiger partial charge in [0.2, 0.25) is 0 Å². The lowest BCUT2D eigenvalue weighted by atomic mass is 10.2. The molecule has 0 aliphatic carbocycles. The van der Waals surface area contributed by atoms with E-state index in [4.69, 9.17) is 14.2 Å². The van der Waals surface area contributed by atoms with Crippen molar-refractivity contribution in [3.05, 3.63) is 35.8 Å². The number of anilines is 1. The molecule has 0 unspecified atom stereocenters. The number of halogens is 1. The molecule has 21 heavy (non-hydrogen) atoms.